The second kappa shape index (κ2) is 8.61. The maximum absolute atomic E-state index is 11.9. The molecule has 1 aromatic carbocycles. The number of carbonyl (C=O) groups is 1. The fourth-order valence-corrected chi connectivity index (χ4v) is 3.29. The number of nitrogens with one attached hydrogen (secondary N) is 2. The Morgan fingerprint density at radius 2 is 1.86 bits per heavy atom. The van der Waals surface area contributed by atoms with Gasteiger partial charge in [0.25, 0.3) is 0 Å². The summed E-state index contributed by atoms with van der Waals surface area (Å²) in [5, 5.41) is 6.71. The number of hydrogen-bond donors (Lipinski definition) is 2. The van der Waals surface area contributed by atoms with Crippen LogP contribution in [0.3, 0.4) is 0 Å². The molecule has 1 aromatic rings. The van der Waals surface area contributed by atoms with Crippen molar-refractivity contribution in [2.24, 2.45) is 5.92 Å². The summed E-state index contributed by atoms with van der Waals surface area (Å²) in [6, 6.07) is 4.78. The smallest absolute Gasteiger partial charge is 0.319 e. The van der Waals surface area contributed by atoms with Gasteiger partial charge in [-0.05, 0) is 63.0 Å². The van der Waals surface area contributed by atoms with Crippen LogP contribution in [0.25, 0.3) is 0 Å². The maximum atomic E-state index is 11.9. The van der Waals surface area contributed by atoms with E-state index in [1.165, 1.54) is 13.0 Å². The zero-order valence-corrected chi connectivity index (χ0v) is 14.4. The summed E-state index contributed by atoms with van der Waals surface area (Å²) in [4.78, 5) is 14.4. The molecule has 0 spiro atoms. The summed E-state index contributed by atoms with van der Waals surface area (Å²) in [7, 11) is 0. The summed E-state index contributed by atoms with van der Waals surface area (Å²) in [6.45, 7) is 6.35. The average molecular weight is 344 g/mol. The van der Waals surface area contributed by atoms with E-state index in [1.807, 2.05) is 0 Å². The number of likely N-dealkylation sites (tertiary alicyclic amines) is 1. The predicted octanol–water partition coefficient (Wildman–Crippen LogP) is 4.24. The van der Waals surface area contributed by atoms with E-state index >= 15 is 0 Å². The van der Waals surface area contributed by atoms with Crippen molar-refractivity contribution in [3.63, 3.8) is 0 Å². The number of benzene rings is 1. The van der Waals surface area contributed by atoms with Crippen molar-refractivity contribution >= 4 is 34.9 Å². The first-order chi connectivity index (χ1) is 10.6. The number of halogens is 2. The van der Waals surface area contributed by atoms with Crippen molar-refractivity contribution in [2.45, 2.75) is 26.2 Å². The molecule has 0 aliphatic carbocycles. The van der Waals surface area contributed by atoms with Crippen molar-refractivity contribution in [3.05, 3.63) is 28.2 Å². The van der Waals surface area contributed by atoms with E-state index in [4.69, 9.17) is 23.2 Å². The molecule has 1 saturated heterocycles. The monoisotopic (exact) mass is 343 g/mol. The third kappa shape index (κ3) is 5.67. The minimum Gasteiger partial charge on any atom is -0.338 e. The molecule has 2 rings (SSSR count). The second-order valence-electron chi connectivity index (χ2n) is 5.78. The van der Waals surface area contributed by atoms with E-state index in [2.05, 4.69) is 22.5 Å². The standard InChI is InChI=1S/C16H23Cl2N3O/c1-2-5-21-6-3-12(4-7-21)11-19-16(22)20-15-9-13(17)8-14(18)10-15/h8-10,12H,2-7,11H2,1H3,(H2,19,20,22). The van der Waals surface area contributed by atoms with Gasteiger partial charge < -0.3 is 15.5 Å². The van der Waals surface area contributed by atoms with Gasteiger partial charge in [-0.2, -0.15) is 0 Å². The normalized spacial score (nSPS) is 16.5. The van der Waals surface area contributed by atoms with E-state index < -0.39 is 0 Å². The van der Waals surface area contributed by atoms with E-state index in [-0.39, 0.29) is 6.03 Å². The fraction of sp³-hybridized carbons (Fsp3) is 0.562. The molecule has 2 amide bonds. The Labute approximate surface area is 142 Å². The quantitative estimate of drug-likeness (QED) is 0.839. The Morgan fingerprint density at radius 3 is 2.45 bits per heavy atom. The molecule has 0 bridgehead atoms. The first-order valence-corrected chi connectivity index (χ1v) is 8.55. The van der Waals surface area contributed by atoms with Gasteiger partial charge in [0.2, 0.25) is 0 Å². The molecule has 0 aromatic heterocycles. The van der Waals surface area contributed by atoms with E-state index in [0.29, 0.717) is 28.2 Å². The molecule has 0 radical (unpaired) electrons. The van der Waals surface area contributed by atoms with Crippen LogP contribution in [-0.4, -0.2) is 37.1 Å². The van der Waals surface area contributed by atoms with Crippen LogP contribution in [0.4, 0.5) is 10.5 Å². The Kier molecular flexibility index (Phi) is 6.80. The molecule has 6 heteroatoms. The SMILES string of the molecule is CCCN1CCC(CNC(=O)Nc2cc(Cl)cc(Cl)c2)CC1. The van der Waals surface area contributed by atoms with Gasteiger partial charge >= 0.3 is 6.03 Å². The Hall–Kier alpha value is -0.970. The lowest BCUT2D eigenvalue weighted by molar-refractivity contribution is 0.182. The number of rotatable bonds is 5. The van der Waals surface area contributed by atoms with Crippen molar-refractivity contribution in [1.82, 2.24) is 10.2 Å². The molecular formula is C16H23Cl2N3O. The van der Waals surface area contributed by atoms with Crippen LogP contribution in [0.1, 0.15) is 26.2 Å². The number of piperidine rings is 1. The van der Waals surface area contributed by atoms with Gasteiger partial charge in [-0.1, -0.05) is 30.1 Å². The summed E-state index contributed by atoms with van der Waals surface area (Å²) in [6.07, 6.45) is 3.49. The molecule has 2 N–H and O–H groups in total. The highest BCUT2D eigenvalue weighted by Crippen LogP contribution is 2.22. The van der Waals surface area contributed by atoms with Gasteiger partial charge in [0.1, 0.15) is 0 Å². The minimum absolute atomic E-state index is 0.214. The number of anilines is 1. The summed E-state index contributed by atoms with van der Waals surface area (Å²) >= 11 is 11.8. The molecule has 0 saturated carbocycles. The molecule has 0 atom stereocenters. The summed E-state index contributed by atoms with van der Waals surface area (Å²) in [5.74, 6) is 0.557. The van der Waals surface area contributed by atoms with Crippen LogP contribution < -0.4 is 10.6 Å². The predicted molar refractivity (Wildman–Crippen MR) is 92.9 cm³/mol. The number of amides is 2. The van der Waals surface area contributed by atoms with Gasteiger partial charge in [-0.15, -0.1) is 0 Å². The van der Waals surface area contributed by atoms with E-state index in [9.17, 15) is 4.79 Å². The number of carbonyl (C=O) groups excluding carboxylic acids is 1. The first-order valence-electron chi connectivity index (χ1n) is 7.80. The van der Waals surface area contributed by atoms with Crippen LogP contribution >= 0.6 is 23.2 Å². The topological polar surface area (TPSA) is 44.4 Å². The number of hydrogen-bond acceptors (Lipinski definition) is 2. The van der Waals surface area contributed by atoms with Crippen LogP contribution in [0.15, 0.2) is 18.2 Å². The Morgan fingerprint density at radius 1 is 1.23 bits per heavy atom. The lowest BCUT2D eigenvalue weighted by Gasteiger charge is -2.31. The largest absolute Gasteiger partial charge is 0.338 e. The van der Waals surface area contributed by atoms with Crippen molar-refractivity contribution in [2.75, 3.05) is 31.5 Å². The lowest BCUT2D eigenvalue weighted by Crippen LogP contribution is -2.40. The van der Waals surface area contributed by atoms with Crippen LogP contribution in [0.5, 0.6) is 0 Å². The first kappa shape index (κ1) is 17.4. The zero-order valence-electron chi connectivity index (χ0n) is 12.9. The lowest BCUT2D eigenvalue weighted by atomic mass is 9.97. The number of nitrogens with zero attached hydrogens (tertiary/aromatic N) is 1. The average Bonchev–Trinajstić information content (AvgIpc) is 2.46. The van der Waals surface area contributed by atoms with Crippen molar-refractivity contribution in [3.8, 4) is 0 Å². The van der Waals surface area contributed by atoms with Gasteiger partial charge in [0.05, 0.1) is 0 Å². The minimum atomic E-state index is -0.214. The summed E-state index contributed by atoms with van der Waals surface area (Å²) in [5.41, 5.74) is 0.604. The molecule has 22 heavy (non-hydrogen) atoms. The van der Waals surface area contributed by atoms with Crippen molar-refractivity contribution in [1.29, 1.82) is 0 Å². The molecule has 122 valence electrons. The highest BCUT2D eigenvalue weighted by atomic mass is 35.5. The highest BCUT2D eigenvalue weighted by molar-refractivity contribution is 6.35. The summed E-state index contributed by atoms with van der Waals surface area (Å²) < 4.78 is 0. The molecule has 1 heterocycles. The van der Waals surface area contributed by atoms with Crippen LogP contribution in [0, 0.1) is 5.92 Å². The van der Waals surface area contributed by atoms with Gasteiger partial charge in [-0.25, -0.2) is 4.79 Å². The highest BCUT2D eigenvalue weighted by Gasteiger charge is 2.18. The third-order valence-electron chi connectivity index (χ3n) is 3.92. The molecule has 0 unspecified atom stereocenters. The Balaban J connectivity index is 1.72. The molecule has 1 fully saturated rings. The van der Waals surface area contributed by atoms with Crippen molar-refractivity contribution < 1.29 is 4.79 Å². The zero-order chi connectivity index (χ0) is 15.9. The van der Waals surface area contributed by atoms with Gasteiger partial charge in [0, 0.05) is 22.3 Å². The molecule has 1 aliphatic rings. The van der Waals surface area contributed by atoms with Gasteiger partial charge in [-0.3, -0.25) is 0 Å². The van der Waals surface area contributed by atoms with Crippen LogP contribution in [-0.2, 0) is 0 Å². The third-order valence-corrected chi connectivity index (χ3v) is 4.36. The number of urea groups is 1. The fourth-order valence-electron chi connectivity index (χ4n) is 2.77. The molecule has 4 nitrogen and oxygen atoms in total. The second-order valence-corrected chi connectivity index (χ2v) is 6.65. The van der Waals surface area contributed by atoms with Crippen LogP contribution in [0.2, 0.25) is 10.0 Å². The molecular weight excluding hydrogens is 321 g/mol. The Bertz CT molecular complexity index is 482. The van der Waals surface area contributed by atoms with E-state index in [1.54, 1.807) is 18.2 Å². The van der Waals surface area contributed by atoms with E-state index in [0.717, 1.165) is 25.9 Å². The molecule has 1 aliphatic heterocycles. The maximum Gasteiger partial charge on any atom is 0.319 e. The van der Waals surface area contributed by atoms with Gasteiger partial charge in [0.15, 0.2) is 0 Å².